The third-order valence-electron chi connectivity index (χ3n) is 4.69. The number of nitrogens with one attached hydrogen (secondary N) is 1. The molecule has 1 heterocycles. The number of carbonyl (C=O) groups excluding carboxylic acids is 2. The topological polar surface area (TPSA) is 49.4 Å². The monoisotopic (exact) mass is 322 g/mol. The van der Waals surface area contributed by atoms with E-state index in [1.165, 1.54) is 4.90 Å². The van der Waals surface area contributed by atoms with Gasteiger partial charge in [0.2, 0.25) is 5.91 Å². The van der Waals surface area contributed by atoms with Crippen molar-refractivity contribution in [2.45, 2.75) is 39.7 Å². The molecular formula is C20H22N2O2. The zero-order chi connectivity index (χ0) is 17.3. The average molecular weight is 322 g/mol. The first-order valence-electron chi connectivity index (χ1n) is 8.30. The van der Waals surface area contributed by atoms with Crippen LogP contribution in [0.2, 0.25) is 0 Å². The molecule has 4 heteroatoms. The Bertz CT molecular complexity index is 798. The lowest BCUT2D eigenvalue weighted by atomic mass is 10.1. The Labute approximate surface area is 142 Å². The summed E-state index contributed by atoms with van der Waals surface area (Å²) in [7, 11) is 0. The quantitative estimate of drug-likeness (QED) is 0.875. The van der Waals surface area contributed by atoms with Crippen LogP contribution in [-0.2, 0) is 16.0 Å². The van der Waals surface area contributed by atoms with Gasteiger partial charge in [0, 0.05) is 5.69 Å². The van der Waals surface area contributed by atoms with E-state index in [9.17, 15) is 9.59 Å². The molecule has 24 heavy (non-hydrogen) atoms. The van der Waals surface area contributed by atoms with Crippen LogP contribution in [-0.4, -0.2) is 17.9 Å². The highest BCUT2D eigenvalue weighted by Crippen LogP contribution is 2.29. The molecular weight excluding hydrogens is 300 g/mol. The van der Waals surface area contributed by atoms with Gasteiger partial charge in [-0.1, -0.05) is 37.3 Å². The predicted molar refractivity (Wildman–Crippen MR) is 96.3 cm³/mol. The fourth-order valence-corrected chi connectivity index (χ4v) is 3.13. The Balaban J connectivity index is 1.88. The molecule has 3 rings (SSSR count). The van der Waals surface area contributed by atoms with Gasteiger partial charge in [-0.25, -0.2) is 4.90 Å². The molecule has 1 saturated heterocycles. The van der Waals surface area contributed by atoms with Crippen LogP contribution >= 0.6 is 0 Å². The zero-order valence-electron chi connectivity index (χ0n) is 14.3. The number of aryl methyl sites for hydroxylation is 2. The first-order valence-corrected chi connectivity index (χ1v) is 8.30. The van der Waals surface area contributed by atoms with E-state index in [4.69, 9.17) is 0 Å². The van der Waals surface area contributed by atoms with E-state index in [0.29, 0.717) is 5.69 Å². The van der Waals surface area contributed by atoms with Crippen LogP contribution in [0.3, 0.4) is 0 Å². The smallest absolute Gasteiger partial charge is 0.256 e. The molecule has 1 aliphatic rings. The van der Waals surface area contributed by atoms with Gasteiger partial charge in [-0.15, -0.1) is 0 Å². The molecule has 0 aromatic heterocycles. The Kier molecular flexibility index (Phi) is 4.38. The molecule has 0 saturated carbocycles. The number of para-hydroxylation sites is 1. The number of rotatable bonds is 4. The fourth-order valence-electron chi connectivity index (χ4n) is 3.13. The molecule has 1 fully saturated rings. The van der Waals surface area contributed by atoms with Crippen molar-refractivity contribution in [2.24, 2.45) is 0 Å². The van der Waals surface area contributed by atoms with Gasteiger partial charge in [-0.3, -0.25) is 9.59 Å². The molecule has 2 aromatic carbocycles. The summed E-state index contributed by atoms with van der Waals surface area (Å²) in [5.41, 5.74) is 4.80. The summed E-state index contributed by atoms with van der Waals surface area (Å²) in [6, 6.07) is 13.1. The lowest BCUT2D eigenvalue weighted by Crippen LogP contribution is -2.35. The van der Waals surface area contributed by atoms with Crippen LogP contribution in [0.25, 0.3) is 0 Å². The van der Waals surface area contributed by atoms with Crippen LogP contribution in [0.1, 0.15) is 30.0 Å². The van der Waals surface area contributed by atoms with Crippen molar-refractivity contribution in [3.63, 3.8) is 0 Å². The van der Waals surface area contributed by atoms with Crippen LogP contribution in [0, 0.1) is 13.8 Å². The minimum atomic E-state index is -0.509. The zero-order valence-corrected chi connectivity index (χ0v) is 14.3. The normalized spacial score (nSPS) is 17.5. The Hall–Kier alpha value is -2.62. The molecule has 0 radical (unpaired) electrons. The number of imide groups is 1. The van der Waals surface area contributed by atoms with E-state index in [-0.39, 0.29) is 18.2 Å². The van der Waals surface area contributed by atoms with Crippen molar-refractivity contribution in [1.29, 1.82) is 0 Å². The number of nitrogens with zero attached hydrogens (tertiary/aromatic N) is 1. The summed E-state index contributed by atoms with van der Waals surface area (Å²) in [6.07, 6.45) is 1.06. The van der Waals surface area contributed by atoms with Crippen molar-refractivity contribution in [3.8, 4) is 0 Å². The first-order chi connectivity index (χ1) is 11.5. The van der Waals surface area contributed by atoms with Crippen molar-refractivity contribution < 1.29 is 9.59 Å². The van der Waals surface area contributed by atoms with Crippen molar-refractivity contribution in [1.82, 2.24) is 0 Å². The number of benzene rings is 2. The maximum atomic E-state index is 12.8. The van der Waals surface area contributed by atoms with E-state index in [0.717, 1.165) is 28.8 Å². The number of amides is 2. The van der Waals surface area contributed by atoms with Crippen molar-refractivity contribution in [3.05, 3.63) is 59.2 Å². The third kappa shape index (κ3) is 2.80. The second-order valence-corrected chi connectivity index (χ2v) is 6.20. The van der Waals surface area contributed by atoms with Crippen LogP contribution in [0.15, 0.2) is 42.5 Å². The second kappa shape index (κ2) is 6.48. The minimum absolute atomic E-state index is 0.153. The van der Waals surface area contributed by atoms with Gasteiger partial charge in [0.25, 0.3) is 5.91 Å². The van der Waals surface area contributed by atoms with Crippen LogP contribution in [0.4, 0.5) is 11.4 Å². The SMILES string of the molecule is CCc1ccccc1N[C@@H]1CC(=O)N(c2cccc(C)c2C)C1=O. The third-order valence-corrected chi connectivity index (χ3v) is 4.69. The van der Waals surface area contributed by atoms with E-state index in [1.54, 1.807) is 0 Å². The van der Waals surface area contributed by atoms with E-state index >= 15 is 0 Å². The van der Waals surface area contributed by atoms with Crippen molar-refractivity contribution in [2.75, 3.05) is 10.2 Å². The summed E-state index contributed by atoms with van der Waals surface area (Å²) >= 11 is 0. The largest absolute Gasteiger partial charge is 0.373 e. The number of hydrogen-bond acceptors (Lipinski definition) is 3. The molecule has 0 aliphatic carbocycles. The first kappa shape index (κ1) is 16.2. The molecule has 4 nitrogen and oxygen atoms in total. The summed E-state index contributed by atoms with van der Waals surface area (Å²) in [5.74, 6) is -0.334. The van der Waals surface area contributed by atoms with Crippen LogP contribution < -0.4 is 10.2 Å². The molecule has 2 aromatic rings. The Morgan fingerprint density at radius 1 is 1.08 bits per heavy atom. The molecule has 0 spiro atoms. The maximum Gasteiger partial charge on any atom is 0.256 e. The van der Waals surface area contributed by atoms with Gasteiger partial charge in [0.05, 0.1) is 12.1 Å². The van der Waals surface area contributed by atoms with E-state index in [1.807, 2.05) is 56.3 Å². The van der Waals surface area contributed by atoms with E-state index < -0.39 is 6.04 Å². The lowest BCUT2D eigenvalue weighted by Gasteiger charge is -2.19. The van der Waals surface area contributed by atoms with Crippen LogP contribution in [0.5, 0.6) is 0 Å². The van der Waals surface area contributed by atoms with Gasteiger partial charge < -0.3 is 5.32 Å². The number of hydrogen-bond donors (Lipinski definition) is 1. The molecule has 0 bridgehead atoms. The number of anilines is 2. The molecule has 1 atom stereocenters. The number of carbonyl (C=O) groups is 2. The van der Waals surface area contributed by atoms with Gasteiger partial charge in [-0.2, -0.15) is 0 Å². The second-order valence-electron chi connectivity index (χ2n) is 6.20. The summed E-state index contributed by atoms with van der Waals surface area (Å²) in [4.78, 5) is 26.6. The highest BCUT2D eigenvalue weighted by Gasteiger charge is 2.40. The highest BCUT2D eigenvalue weighted by atomic mass is 16.2. The highest BCUT2D eigenvalue weighted by molar-refractivity contribution is 6.23. The molecule has 124 valence electrons. The van der Waals surface area contributed by atoms with Gasteiger partial charge in [-0.05, 0) is 49.1 Å². The Morgan fingerprint density at radius 2 is 1.83 bits per heavy atom. The lowest BCUT2D eigenvalue weighted by molar-refractivity contribution is -0.121. The van der Waals surface area contributed by atoms with E-state index in [2.05, 4.69) is 12.2 Å². The molecule has 1 aliphatic heterocycles. The fraction of sp³-hybridized carbons (Fsp3) is 0.300. The summed E-state index contributed by atoms with van der Waals surface area (Å²) in [6.45, 7) is 6.00. The predicted octanol–water partition coefficient (Wildman–Crippen LogP) is 3.61. The average Bonchev–Trinajstić information content (AvgIpc) is 2.85. The van der Waals surface area contributed by atoms with Gasteiger partial charge in [0.15, 0.2) is 0 Å². The van der Waals surface area contributed by atoms with Gasteiger partial charge in [0.1, 0.15) is 6.04 Å². The van der Waals surface area contributed by atoms with Crippen molar-refractivity contribution >= 4 is 23.2 Å². The Morgan fingerprint density at radius 3 is 2.58 bits per heavy atom. The summed E-state index contributed by atoms with van der Waals surface area (Å²) < 4.78 is 0. The molecule has 2 amide bonds. The minimum Gasteiger partial charge on any atom is -0.373 e. The molecule has 0 unspecified atom stereocenters. The standard InChI is InChI=1S/C20H22N2O2/c1-4-15-9-5-6-10-16(15)21-17-12-19(23)22(20(17)24)18-11-7-8-13(2)14(18)3/h5-11,17,21H,4,12H2,1-3H3/t17-/m1/s1. The van der Waals surface area contributed by atoms with Gasteiger partial charge >= 0.3 is 0 Å². The maximum absolute atomic E-state index is 12.8. The summed E-state index contributed by atoms with van der Waals surface area (Å²) in [5, 5.41) is 3.26. The molecule has 1 N–H and O–H groups in total.